The van der Waals surface area contributed by atoms with E-state index in [-0.39, 0.29) is 12.2 Å². The zero-order valence-corrected chi connectivity index (χ0v) is 22.0. The van der Waals surface area contributed by atoms with E-state index in [1.165, 1.54) is 16.7 Å². The maximum atomic E-state index is 11.2. The Labute approximate surface area is 216 Å². The van der Waals surface area contributed by atoms with Crippen LogP contribution < -0.4 is 15.8 Å². The van der Waals surface area contributed by atoms with Crippen LogP contribution in [0.4, 0.5) is 17.2 Å². The third-order valence-corrected chi connectivity index (χ3v) is 7.70. The van der Waals surface area contributed by atoms with Gasteiger partial charge >= 0.3 is 0 Å². The number of nitrogens with zero attached hydrogens (tertiary/aromatic N) is 2. The molecule has 1 aromatic carbocycles. The Balaban J connectivity index is 1.56. The molecule has 0 radical (unpaired) electrons. The summed E-state index contributed by atoms with van der Waals surface area (Å²) in [6, 6.07) is 3.59. The van der Waals surface area contributed by atoms with Gasteiger partial charge in [-0.1, -0.05) is 6.42 Å². The second-order valence-electron chi connectivity index (χ2n) is 9.49. The topological polar surface area (TPSA) is 123 Å². The summed E-state index contributed by atoms with van der Waals surface area (Å²) in [7, 11) is 0. The number of carbonyl (C=O) groups excluding carboxylic acids is 1. The van der Waals surface area contributed by atoms with Crippen LogP contribution in [-0.2, 0) is 22.4 Å². The van der Waals surface area contributed by atoms with Crippen LogP contribution in [0.1, 0.15) is 62.5 Å². The predicted octanol–water partition coefficient (Wildman–Crippen LogP) is 5.68. The Bertz CT molecular complexity index is 1230. The lowest BCUT2D eigenvalue weighted by atomic mass is 9.84. The summed E-state index contributed by atoms with van der Waals surface area (Å²) in [5.74, 6) is 1.97. The third-order valence-electron chi connectivity index (χ3n) is 6.54. The lowest BCUT2D eigenvalue weighted by molar-refractivity contribution is -0.118. The van der Waals surface area contributed by atoms with E-state index in [0.29, 0.717) is 29.5 Å². The van der Waals surface area contributed by atoms with E-state index in [4.69, 9.17) is 20.6 Å². The molecule has 0 fully saturated rings. The number of fused-ring (bicyclic) bond motifs is 3. The van der Waals surface area contributed by atoms with E-state index in [2.05, 4.69) is 15.3 Å². The zero-order valence-electron chi connectivity index (χ0n) is 21.2. The van der Waals surface area contributed by atoms with Crippen LogP contribution in [0.2, 0.25) is 0 Å². The normalized spacial score (nSPS) is 16.1. The van der Waals surface area contributed by atoms with E-state index < -0.39 is 0 Å². The van der Waals surface area contributed by atoms with Crippen molar-refractivity contribution in [3.8, 4) is 5.75 Å². The van der Waals surface area contributed by atoms with Gasteiger partial charge in [-0.15, -0.1) is 11.3 Å². The van der Waals surface area contributed by atoms with Crippen LogP contribution in [0.5, 0.6) is 5.75 Å². The summed E-state index contributed by atoms with van der Waals surface area (Å²) < 4.78 is 11.5. The largest absolute Gasteiger partial charge is 0.489 e. The fourth-order valence-corrected chi connectivity index (χ4v) is 6.15. The molecule has 0 bridgehead atoms. The highest BCUT2D eigenvalue weighted by atomic mass is 32.1. The smallest absolute Gasteiger partial charge is 0.148 e. The minimum atomic E-state index is -0.284. The van der Waals surface area contributed by atoms with Gasteiger partial charge in [-0.3, -0.25) is 0 Å². The van der Waals surface area contributed by atoms with Crippen LogP contribution in [0.25, 0.3) is 10.2 Å². The van der Waals surface area contributed by atoms with Crippen molar-refractivity contribution in [1.29, 1.82) is 5.41 Å². The number of hydrogen-bond donors (Lipinski definition) is 3. The van der Waals surface area contributed by atoms with E-state index in [0.717, 1.165) is 66.5 Å². The minimum Gasteiger partial charge on any atom is -0.489 e. The summed E-state index contributed by atoms with van der Waals surface area (Å²) in [4.78, 5) is 22.7. The number of carbonyl (C=O) groups is 1. The van der Waals surface area contributed by atoms with Crippen molar-refractivity contribution in [3.63, 3.8) is 0 Å². The highest BCUT2D eigenvalue weighted by molar-refractivity contribution is 7.19. The molecule has 0 spiro atoms. The van der Waals surface area contributed by atoms with Crippen LogP contribution in [-0.4, -0.2) is 41.3 Å². The van der Waals surface area contributed by atoms with Gasteiger partial charge in [0.25, 0.3) is 0 Å². The van der Waals surface area contributed by atoms with Crippen LogP contribution in [0.3, 0.4) is 0 Å². The van der Waals surface area contributed by atoms with E-state index in [9.17, 15) is 4.79 Å². The van der Waals surface area contributed by atoms with Gasteiger partial charge in [-0.25, -0.2) is 9.97 Å². The molecule has 0 amide bonds. The molecule has 192 valence electrons. The Kier molecular flexibility index (Phi) is 8.53. The van der Waals surface area contributed by atoms with Crippen molar-refractivity contribution in [2.75, 3.05) is 17.7 Å². The summed E-state index contributed by atoms with van der Waals surface area (Å²) in [6.07, 6.45) is 9.43. The Morgan fingerprint density at radius 3 is 2.89 bits per heavy atom. The van der Waals surface area contributed by atoms with Crippen LogP contribution in [0.15, 0.2) is 18.5 Å². The molecule has 3 aromatic rings. The van der Waals surface area contributed by atoms with Gasteiger partial charge in [-0.05, 0) is 70.4 Å². The molecule has 9 heteroatoms. The first-order valence-corrected chi connectivity index (χ1v) is 13.4. The van der Waals surface area contributed by atoms with Gasteiger partial charge in [0, 0.05) is 35.0 Å². The lowest BCUT2D eigenvalue weighted by Crippen LogP contribution is -2.16. The van der Waals surface area contributed by atoms with Crippen molar-refractivity contribution in [2.24, 2.45) is 5.92 Å². The third kappa shape index (κ3) is 5.84. The monoisotopic (exact) mass is 509 g/mol. The van der Waals surface area contributed by atoms with Crippen molar-refractivity contribution in [2.45, 2.75) is 71.5 Å². The lowest BCUT2D eigenvalue weighted by Gasteiger charge is -2.23. The highest BCUT2D eigenvalue weighted by Gasteiger charge is 2.26. The fourth-order valence-electron chi connectivity index (χ4n) is 4.85. The summed E-state index contributed by atoms with van der Waals surface area (Å²) in [5.41, 5.74) is 9.28. The molecular formula is C27H35N5O3S. The molecule has 8 nitrogen and oxygen atoms in total. The molecule has 1 aliphatic rings. The van der Waals surface area contributed by atoms with E-state index in [1.807, 2.05) is 26.8 Å². The molecule has 2 atom stereocenters. The number of rotatable bonds is 12. The first-order valence-electron chi connectivity index (χ1n) is 12.6. The predicted molar refractivity (Wildman–Crippen MR) is 146 cm³/mol. The first-order chi connectivity index (χ1) is 17.4. The van der Waals surface area contributed by atoms with E-state index in [1.54, 1.807) is 23.7 Å². The maximum absolute atomic E-state index is 11.2. The molecule has 2 heterocycles. The second kappa shape index (κ2) is 11.8. The first kappa shape index (κ1) is 26.0. The molecule has 36 heavy (non-hydrogen) atoms. The molecule has 4 N–H and O–H groups in total. The van der Waals surface area contributed by atoms with Crippen molar-refractivity contribution in [1.82, 2.24) is 9.97 Å². The Morgan fingerprint density at radius 1 is 1.33 bits per heavy atom. The number of aryl methyl sites for hydroxylation is 1. The van der Waals surface area contributed by atoms with Gasteiger partial charge in [0.1, 0.15) is 35.1 Å². The summed E-state index contributed by atoms with van der Waals surface area (Å²) in [6.45, 7) is 6.42. The number of aromatic nitrogens is 2. The molecule has 0 aliphatic heterocycles. The number of thiophene rings is 1. The van der Waals surface area contributed by atoms with Crippen LogP contribution in [0, 0.1) is 11.3 Å². The number of benzene rings is 1. The summed E-state index contributed by atoms with van der Waals surface area (Å²) in [5, 5.41) is 12.2. The fraction of sp³-hybridized carbons (Fsp3) is 0.481. The molecule has 1 aliphatic carbocycles. The number of nitrogen functional groups attached to an aromatic ring is 1. The quantitative estimate of drug-likeness (QED) is 0.163. The number of nitrogens with two attached hydrogens (primary N) is 1. The van der Waals surface area contributed by atoms with Gasteiger partial charge in [0.2, 0.25) is 0 Å². The Hall–Kier alpha value is -3.04. The second-order valence-corrected chi connectivity index (χ2v) is 10.6. The molecular weight excluding hydrogens is 474 g/mol. The van der Waals surface area contributed by atoms with Crippen molar-refractivity contribution in [3.05, 3.63) is 34.5 Å². The molecule has 4 rings (SSSR count). The number of nitrogens with one attached hydrogen (secondary N) is 2. The van der Waals surface area contributed by atoms with E-state index >= 15 is 0 Å². The standard InChI is InChI=1S/C27H35N5O3S/c1-4-34-19(14-33)7-5-6-17-8-9-20-24(10-17)36-27-25(20)26(30-15-31-27)32-22-11-18(13-28)21(29)12-23(22)35-16(2)3/h11-17,19,28H,4-10,29H2,1-3H3,(H,30,31,32). The Morgan fingerprint density at radius 2 is 2.17 bits per heavy atom. The average Bonchev–Trinajstić information content (AvgIpc) is 3.23. The van der Waals surface area contributed by atoms with Gasteiger partial charge in [-0.2, -0.15) is 0 Å². The molecule has 2 unspecified atom stereocenters. The maximum Gasteiger partial charge on any atom is 0.148 e. The highest BCUT2D eigenvalue weighted by Crippen LogP contribution is 2.42. The number of ether oxygens (including phenoxy) is 2. The number of aldehydes is 1. The van der Waals surface area contributed by atoms with Gasteiger partial charge in [0.15, 0.2) is 0 Å². The number of hydrogen-bond acceptors (Lipinski definition) is 9. The van der Waals surface area contributed by atoms with Crippen LogP contribution >= 0.6 is 11.3 Å². The zero-order chi connectivity index (χ0) is 25.7. The van der Waals surface area contributed by atoms with Gasteiger partial charge < -0.3 is 30.7 Å². The minimum absolute atomic E-state index is 0.0256. The van der Waals surface area contributed by atoms with Gasteiger partial charge in [0.05, 0.1) is 17.2 Å². The number of anilines is 3. The van der Waals surface area contributed by atoms with Crippen molar-refractivity contribution < 1.29 is 14.3 Å². The summed E-state index contributed by atoms with van der Waals surface area (Å²) >= 11 is 1.75. The molecule has 0 saturated carbocycles. The average molecular weight is 510 g/mol. The molecule has 0 saturated heterocycles. The molecule has 2 aromatic heterocycles. The van der Waals surface area contributed by atoms with Crippen molar-refractivity contribution >= 4 is 51.2 Å². The SMILES string of the molecule is CCOC(C=O)CCCC1CCc2c(sc3ncnc(Nc4cc(C=N)c(N)cc4OC(C)C)c23)C1.